The molecular formula is C18H17ClFN3O2. The third kappa shape index (κ3) is 3.58. The van der Waals surface area contributed by atoms with Crippen molar-refractivity contribution in [3.63, 3.8) is 0 Å². The highest BCUT2D eigenvalue weighted by Crippen LogP contribution is 2.31. The van der Waals surface area contributed by atoms with E-state index in [1.807, 2.05) is 0 Å². The van der Waals surface area contributed by atoms with E-state index in [9.17, 15) is 14.0 Å². The van der Waals surface area contributed by atoms with E-state index < -0.39 is 5.82 Å². The average Bonchev–Trinajstić information content (AvgIpc) is 2.70. The molecule has 2 aromatic rings. The predicted octanol–water partition coefficient (Wildman–Crippen LogP) is 3.65. The summed E-state index contributed by atoms with van der Waals surface area (Å²) in [7, 11) is 0. The molecule has 1 unspecified atom stereocenters. The zero-order valence-electron chi connectivity index (χ0n) is 13.6. The van der Waals surface area contributed by atoms with Gasteiger partial charge in [-0.25, -0.2) is 4.39 Å². The summed E-state index contributed by atoms with van der Waals surface area (Å²) in [5.74, 6) is -1.02. The standard InChI is InChI=1S/C18H17ClFN3O2/c1-11-9-16(24)22-13-6-2-3-8-15(13)23(11)17(25)10-21-14-7-4-5-12(19)18(14)20/h2-8,11,21H,9-10H2,1H3,(H,22,24). The predicted molar refractivity (Wildman–Crippen MR) is 96.5 cm³/mol. The lowest BCUT2D eigenvalue weighted by atomic mass is 10.1. The largest absolute Gasteiger partial charge is 0.374 e. The molecule has 2 amide bonds. The number of carbonyl (C=O) groups excluding carboxylic acids is 2. The Morgan fingerprint density at radius 3 is 2.88 bits per heavy atom. The van der Waals surface area contributed by atoms with Crippen LogP contribution in [-0.4, -0.2) is 24.4 Å². The van der Waals surface area contributed by atoms with Crippen LogP contribution in [0.5, 0.6) is 0 Å². The molecule has 3 rings (SSSR count). The Kier molecular flexibility index (Phi) is 4.90. The average molecular weight is 362 g/mol. The number of nitrogens with zero attached hydrogens (tertiary/aromatic N) is 1. The third-order valence-electron chi connectivity index (χ3n) is 4.01. The van der Waals surface area contributed by atoms with Crippen molar-refractivity contribution in [2.75, 3.05) is 22.1 Å². The first-order valence-corrected chi connectivity index (χ1v) is 8.24. The van der Waals surface area contributed by atoms with Gasteiger partial charge in [-0.1, -0.05) is 29.8 Å². The normalized spacial score (nSPS) is 16.7. The van der Waals surface area contributed by atoms with Crippen LogP contribution in [0.1, 0.15) is 13.3 Å². The maximum atomic E-state index is 14.0. The van der Waals surface area contributed by atoms with Crippen molar-refractivity contribution in [2.24, 2.45) is 0 Å². The monoisotopic (exact) mass is 361 g/mol. The van der Waals surface area contributed by atoms with E-state index in [2.05, 4.69) is 10.6 Å². The van der Waals surface area contributed by atoms with E-state index in [0.717, 1.165) is 0 Å². The van der Waals surface area contributed by atoms with Gasteiger partial charge in [-0.2, -0.15) is 0 Å². The van der Waals surface area contributed by atoms with E-state index in [4.69, 9.17) is 11.6 Å². The summed E-state index contributed by atoms with van der Waals surface area (Å²) in [6.07, 6.45) is 0.186. The summed E-state index contributed by atoms with van der Waals surface area (Å²) in [6.45, 7) is 1.68. The Morgan fingerprint density at radius 2 is 2.08 bits per heavy atom. The summed E-state index contributed by atoms with van der Waals surface area (Å²) >= 11 is 5.75. The highest BCUT2D eigenvalue weighted by atomic mass is 35.5. The number of para-hydroxylation sites is 2. The van der Waals surface area contributed by atoms with Crippen LogP contribution in [0.15, 0.2) is 42.5 Å². The van der Waals surface area contributed by atoms with E-state index in [1.54, 1.807) is 42.2 Å². The van der Waals surface area contributed by atoms with Gasteiger partial charge < -0.3 is 15.5 Å². The Hall–Kier alpha value is -2.60. The molecule has 5 nitrogen and oxygen atoms in total. The van der Waals surface area contributed by atoms with Crippen LogP contribution in [0.25, 0.3) is 0 Å². The quantitative estimate of drug-likeness (QED) is 0.877. The van der Waals surface area contributed by atoms with Gasteiger partial charge in [0.25, 0.3) is 0 Å². The van der Waals surface area contributed by atoms with Gasteiger partial charge in [0.1, 0.15) is 0 Å². The summed E-state index contributed by atoms with van der Waals surface area (Å²) in [6, 6.07) is 11.3. The highest BCUT2D eigenvalue weighted by molar-refractivity contribution is 6.31. The minimum Gasteiger partial charge on any atom is -0.374 e. The van der Waals surface area contributed by atoms with Crippen LogP contribution in [0, 0.1) is 5.82 Å². The SMILES string of the molecule is CC1CC(=O)Nc2ccccc2N1C(=O)CNc1cccc(Cl)c1F. The number of nitrogens with one attached hydrogen (secondary N) is 2. The van der Waals surface area contributed by atoms with Crippen molar-refractivity contribution in [3.8, 4) is 0 Å². The summed E-state index contributed by atoms with van der Waals surface area (Å²) in [4.78, 5) is 26.3. The molecule has 0 radical (unpaired) electrons. The molecular weight excluding hydrogens is 345 g/mol. The van der Waals surface area contributed by atoms with Crippen LogP contribution >= 0.6 is 11.6 Å². The molecule has 0 aliphatic carbocycles. The zero-order chi connectivity index (χ0) is 18.0. The molecule has 0 fully saturated rings. The van der Waals surface area contributed by atoms with Gasteiger partial charge >= 0.3 is 0 Å². The minimum absolute atomic E-state index is 0.0132. The van der Waals surface area contributed by atoms with E-state index >= 15 is 0 Å². The highest BCUT2D eigenvalue weighted by Gasteiger charge is 2.29. The number of fused-ring (bicyclic) bond motifs is 1. The van der Waals surface area contributed by atoms with E-state index in [1.165, 1.54) is 12.1 Å². The third-order valence-corrected chi connectivity index (χ3v) is 4.30. The first-order valence-electron chi connectivity index (χ1n) is 7.86. The smallest absolute Gasteiger partial charge is 0.246 e. The van der Waals surface area contributed by atoms with Crippen molar-refractivity contribution >= 4 is 40.5 Å². The molecule has 0 bridgehead atoms. The fraction of sp³-hybridized carbons (Fsp3) is 0.222. The minimum atomic E-state index is -0.599. The van der Waals surface area contributed by atoms with E-state index in [0.29, 0.717) is 11.4 Å². The van der Waals surface area contributed by atoms with Gasteiger partial charge in [-0.15, -0.1) is 0 Å². The second-order valence-electron chi connectivity index (χ2n) is 5.84. The Bertz CT molecular complexity index is 828. The van der Waals surface area contributed by atoms with Crippen LogP contribution < -0.4 is 15.5 Å². The molecule has 25 heavy (non-hydrogen) atoms. The van der Waals surface area contributed by atoms with Crippen molar-refractivity contribution in [2.45, 2.75) is 19.4 Å². The van der Waals surface area contributed by atoms with Gasteiger partial charge in [0, 0.05) is 12.5 Å². The van der Waals surface area contributed by atoms with Crippen LogP contribution in [0.3, 0.4) is 0 Å². The molecule has 130 valence electrons. The second-order valence-corrected chi connectivity index (χ2v) is 6.24. The number of hydrogen-bond acceptors (Lipinski definition) is 3. The van der Waals surface area contributed by atoms with Crippen molar-refractivity contribution in [3.05, 3.63) is 53.3 Å². The molecule has 1 heterocycles. The summed E-state index contributed by atoms with van der Waals surface area (Å²) in [5.41, 5.74) is 1.36. The Labute approximate surface area is 149 Å². The molecule has 1 atom stereocenters. The number of halogens is 2. The summed E-state index contributed by atoms with van der Waals surface area (Å²) in [5, 5.41) is 5.56. The lowest BCUT2D eigenvalue weighted by molar-refractivity contribution is -0.118. The van der Waals surface area contributed by atoms with Crippen LogP contribution in [0.2, 0.25) is 5.02 Å². The molecule has 1 aliphatic rings. The van der Waals surface area contributed by atoms with Crippen LogP contribution in [-0.2, 0) is 9.59 Å². The topological polar surface area (TPSA) is 61.4 Å². The van der Waals surface area contributed by atoms with Gasteiger partial charge in [-0.05, 0) is 31.2 Å². The molecule has 0 saturated carbocycles. The first-order chi connectivity index (χ1) is 12.0. The number of carbonyl (C=O) groups is 2. The maximum absolute atomic E-state index is 14.0. The van der Waals surface area contributed by atoms with Gasteiger partial charge in [0.15, 0.2) is 5.82 Å². The lowest BCUT2D eigenvalue weighted by Crippen LogP contribution is -2.42. The van der Waals surface area contributed by atoms with Gasteiger partial charge in [0.05, 0.1) is 28.6 Å². The molecule has 2 N–H and O–H groups in total. The summed E-state index contributed by atoms with van der Waals surface area (Å²) < 4.78 is 14.0. The van der Waals surface area contributed by atoms with E-state index in [-0.39, 0.29) is 41.5 Å². The zero-order valence-corrected chi connectivity index (χ0v) is 14.3. The van der Waals surface area contributed by atoms with Crippen molar-refractivity contribution < 1.29 is 14.0 Å². The number of anilines is 3. The lowest BCUT2D eigenvalue weighted by Gasteiger charge is -2.28. The first kappa shape index (κ1) is 17.2. The van der Waals surface area contributed by atoms with Gasteiger partial charge in [-0.3, -0.25) is 9.59 Å². The maximum Gasteiger partial charge on any atom is 0.246 e. The molecule has 0 saturated heterocycles. The van der Waals surface area contributed by atoms with Crippen LogP contribution in [0.4, 0.5) is 21.5 Å². The number of benzene rings is 2. The van der Waals surface area contributed by atoms with Crippen molar-refractivity contribution in [1.82, 2.24) is 0 Å². The molecule has 0 aromatic heterocycles. The molecule has 7 heteroatoms. The Morgan fingerprint density at radius 1 is 1.32 bits per heavy atom. The number of amides is 2. The Balaban J connectivity index is 1.83. The van der Waals surface area contributed by atoms with Crippen molar-refractivity contribution in [1.29, 1.82) is 0 Å². The number of rotatable bonds is 3. The fourth-order valence-electron chi connectivity index (χ4n) is 2.86. The molecule has 0 spiro atoms. The van der Waals surface area contributed by atoms with Gasteiger partial charge in [0.2, 0.25) is 11.8 Å². The molecule has 2 aromatic carbocycles. The number of hydrogen-bond donors (Lipinski definition) is 2. The fourth-order valence-corrected chi connectivity index (χ4v) is 3.04. The second kappa shape index (κ2) is 7.11. The molecule has 1 aliphatic heterocycles.